The number of rotatable bonds is 6. The van der Waals surface area contributed by atoms with Gasteiger partial charge in [-0.05, 0) is 31.9 Å². The van der Waals surface area contributed by atoms with Crippen LogP contribution in [0, 0.1) is 19.8 Å². The van der Waals surface area contributed by atoms with Gasteiger partial charge in [-0.25, -0.2) is 9.67 Å². The van der Waals surface area contributed by atoms with Crippen molar-refractivity contribution < 1.29 is 4.79 Å². The molecule has 0 spiro atoms. The molecule has 0 aliphatic rings. The second-order valence-corrected chi connectivity index (χ2v) is 7.99. The molecule has 31 heavy (non-hydrogen) atoms. The van der Waals surface area contributed by atoms with Crippen molar-refractivity contribution in [2.45, 2.75) is 40.7 Å². The number of carbonyl (C=O) groups excluding carboxylic acids is 1. The molecule has 3 heterocycles. The lowest BCUT2D eigenvalue weighted by molar-refractivity contribution is -0.115. The fourth-order valence-electron chi connectivity index (χ4n) is 3.66. The van der Waals surface area contributed by atoms with Crippen LogP contribution in [0.4, 0.5) is 5.69 Å². The van der Waals surface area contributed by atoms with E-state index < -0.39 is 0 Å². The lowest BCUT2D eigenvalue weighted by Crippen LogP contribution is -2.17. The van der Waals surface area contributed by atoms with E-state index in [1.54, 1.807) is 10.7 Å². The molecule has 4 aromatic rings. The van der Waals surface area contributed by atoms with Gasteiger partial charge in [0.15, 0.2) is 5.65 Å². The van der Waals surface area contributed by atoms with Gasteiger partial charge in [-0.3, -0.25) is 14.3 Å². The number of aryl methyl sites for hydroxylation is 1. The van der Waals surface area contributed by atoms with Gasteiger partial charge in [-0.2, -0.15) is 10.2 Å². The predicted octanol–water partition coefficient (Wildman–Crippen LogP) is 2.76. The van der Waals surface area contributed by atoms with Gasteiger partial charge in [-0.15, -0.1) is 0 Å². The van der Waals surface area contributed by atoms with Gasteiger partial charge in [0.25, 0.3) is 5.56 Å². The van der Waals surface area contributed by atoms with Gasteiger partial charge in [0.2, 0.25) is 5.91 Å². The molecule has 3 aromatic heterocycles. The summed E-state index contributed by atoms with van der Waals surface area (Å²) in [5.74, 6) is 0.321. The van der Waals surface area contributed by atoms with E-state index in [4.69, 9.17) is 0 Å². The number of carbonyl (C=O) groups is 1. The summed E-state index contributed by atoms with van der Waals surface area (Å²) in [6, 6.07) is 7.30. The minimum absolute atomic E-state index is 0.148. The van der Waals surface area contributed by atoms with E-state index >= 15 is 0 Å². The fourth-order valence-corrected chi connectivity index (χ4v) is 3.66. The maximum atomic E-state index is 12.9. The normalized spacial score (nSPS) is 11.4. The first-order valence-electron chi connectivity index (χ1n) is 10.2. The number of nitrogens with one attached hydrogen (secondary N) is 2. The monoisotopic (exact) mass is 419 g/mol. The summed E-state index contributed by atoms with van der Waals surface area (Å²) in [6.45, 7) is 9.02. The number of para-hydroxylation sites is 2. The largest absolute Gasteiger partial charge is 0.324 e. The first-order valence-corrected chi connectivity index (χ1v) is 10.2. The van der Waals surface area contributed by atoms with Gasteiger partial charge >= 0.3 is 0 Å². The standard InChI is InChI=1S/C22H25N7O2/c1-13(2)11-28-15(4)16(14(3)27-28)9-20(30)26-18-7-5-6-8-19(18)29-21-17(10-25-29)22(31)24-12-23-21/h5-8,10,12-13H,9,11H2,1-4H3,(H,26,30)(H,23,24,31). The van der Waals surface area contributed by atoms with Gasteiger partial charge in [0.1, 0.15) is 5.39 Å². The minimum atomic E-state index is -0.262. The predicted molar refractivity (Wildman–Crippen MR) is 118 cm³/mol. The van der Waals surface area contributed by atoms with Crippen LogP contribution in [0.15, 0.2) is 41.6 Å². The number of aromatic nitrogens is 6. The molecule has 0 atom stereocenters. The van der Waals surface area contributed by atoms with Gasteiger partial charge in [0.05, 0.1) is 36.0 Å². The highest BCUT2D eigenvalue weighted by atomic mass is 16.1. The highest BCUT2D eigenvalue weighted by molar-refractivity contribution is 5.94. The van der Waals surface area contributed by atoms with Crippen LogP contribution in [0.2, 0.25) is 0 Å². The number of benzene rings is 1. The first-order chi connectivity index (χ1) is 14.8. The number of amides is 1. The van der Waals surface area contributed by atoms with Crippen LogP contribution in [0.5, 0.6) is 0 Å². The van der Waals surface area contributed by atoms with Crippen molar-refractivity contribution in [3.8, 4) is 5.69 Å². The van der Waals surface area contributed by atoms with Crippen molar-refractivity contribution in [2.75, 3.05) is 5.32 Å². The van der Waals surface area contributed by atoms with Crippen LogP contribution in [0.3, 0.4) is 0 Å². The number of hydrogen-bond acceptors (Lipinski definition) is 5. The van der Waals surface area contributed by atoms with Crippen molar-refractivity contribution in [3.63, 3.8) is 0 Å². The van der Waals surface area contributed by atoms with Crippen LogP contribution < -0.4 is 10.9 Å². The highest BCUT2D eigenvalue weighted by Gasteiger charge is 2.18. The summed E-state index contributed by atoms with van der Waals surface area (Å²) >= 11 is 0. The molecule has 0 aliphatic carbocycles. The third-order valence-electron chi connectivity index (χ3n) is 5.18. The number of H-pyrrole nitrogens is 1. The maximum Gasteiger partial charge on any atom is 0.261 e. The van der Waals surface area contributed by atoms with Gasteiger partial charge < -0.3 is 10.3 Å². The Labute approximate surface area is 179 Å². The van der Waals surface area contributed by atoms with Crippen LogP contribution in [0.25, 0.3) is 16.7 Å². The van der Waals surface area contributed by atoms with Crippen molar-refractivity contribution in [1.82, 2.24) is 29.5 Å². The molecule has 0 aliphatic heterocycles. The van der Waals surface area contributed by atoms with E-state index in [1.807, 2.05) is 36.7 Å². The number of nitrogens with zero attached hydrogens (tertiary/aromatic N) is 5. The number of fused-ring (bicyclic) bond motifs is 1. The summed E-state index contributed by atoms with van der Waals surface area (Å²) in [5.41, 5.74) is 4.19. The fraction of sp³-hybridized carbons (Fsp3) is 0.318. The molecule has 9 nitrogen and oxygen atoms in total. The molecule has 1 aromatic carbocycles. The summed E-state index contributed by atoms with van der Waals surface area (Å²) in [5, 5.41) is 12.3. The summed E-state index contributed by atoms with van der Waals surface area (Å²) in [6.07, 6.45) is 3.03. The molecule has 0 saturated heterocycles. The van der Waals surface area contributed by atoms with Crippen molar-refractivity contribution in [3.05, 3.63) is 64.1 Å². The number of anilines is 1. The molecule has 0 fully saturated rings. The Hall–Kier alpha value is -3.75. The Morgan fingerprint density at radius 3 is 2.77 bits per heavy atom. The molecular weight excluding hydrogens is 394 g/mol. The van der Waals surface area contributed by atoms with Crippen molar-refractivity contribution >= 4 is 22.6 Å². The van der Waals surface area contributed by atoms with E-state index in [2.05, 4.69) is 39.3 Å². The zero-order valence-electron chi connectivity index (χ0n) is 18.0. The molecule has 1 amide bonds. The van der Waals surface area contributed by atoms with E-state index in [0.29, 0.717) is 28.3 Å². The molecule has 0 unspecified atom stereocenters. The molecule has 0 saturated carbocycles. The van der Waals surface area contributed by atoms with Gasteiger partial charge in [-0.1, -0.05) is 26.0 Å². The van der Waals surface area contributed by atoms with E-state index in [1.165, 1.54) is 12.5 Å². The molecule has 0 bridgehead atoms. The number of hydrogen-bond donors (Lipinski definition) is 2. The smallest absolute Gasteiger partial charge is 0.261 e. The van der Waals surface area contributed by atoms with Gasteiger partial charge in [0, 0.05) is 17.8 Å². The quantitative estimate of drug-likeness (QED) is 0.499. The minimum Gasteiger partial charge on any atom is -0.324 e. The lowest BCUT2D eigenvalue weighted by Gasteiger charge is -2.12. The molecular formula is C22H25N7O2. The SMILES string of the molecule is Cc1nn(CC(C)C)c(C)c1CC(=O)Nc1ccccc1-n1ncc2c(=O)[nH]cnc21. The zero-order valence-corrected chi connectivity index (χ0v) is 18.0. The van der Waals surface area contributed by atoms with E-state index in [-0.39, 0.29) is 17.9 Å². The molecule has 0 radical (unpaired) electrons. The Bertz CT molecular complexity index is 1310. The third-order valence-corrected chi connectivity index (χ3v) is 5.18. The Balaban J connectivity index is 1.62. The van der Waals surface area contributed by atoms with Crippen LogP contribution in [-0.2, 0) is 17.8 Å². The summed E-state index contributed by atoms with van der Waals surface area (Å²) in [7, 11) is 0. The topological polar surface area (TPSA) is 110 Å². The highest BCUT2D eigenvalue weighted by Crippen LogP contribution is 2.23. The zero-order chi connectivity index (χ0) is 22.1. The first kappa shape index (κ1) is 20.5. The van der Waals surface area contributed by atoms with Crippen LogP contribution in [-0.4, -0.2) is 35.4 Å². The van der Waals surface area contributed by atoms with Crippen molar-refractivity contribution in [2.24, 2.45) is 5.92 Å². The molecule has 160 valence electrons. The maximum absolute atomic E-state index is 12.9. The Morgan fingerprint density at radius 1 is 1.23 bits per heavy atom. The Morgan fingerprint density at radius 2 is 2.00 bits per heavy atom. The van der Waals surface area contributed by atoms with Crippen LogP contribution in [0.1, 0.15) is 30.8 Å². The molecule has 9 heteroatoms. The lowest BCUT2D eigenvalue weighted by atomic mass is 10.1. The summed E-state index contributed by atoms with van der Waals surface area (Å²) < 4.78 is 3.52. The second kappa shape index (κ2) is 8.17. The average Bonchev–Trinajstić information content (AvgIpc) is 3.26. The third kappa shape index (κ3) is 3.98. The average molecular weight is 419 g/mol. The number of aromatic amines is 1. The van der Waals surface area contributed by atoms with E-state index in [0.717, 1.165) is 23.5 Å². The summed E-state index contributed by atoms with van der Waals surface area (Å²) in [4.78, 5) is 31.7. The van der Waals surface area contributed by atoms with E-state index in [9.17, 15) is 9.59 Å². The molecule has 2 N–H and O–H groups in total. The van der Waals surface area contributed by atoms with Crippen molar-refractivity contribution in [1.29, 1.82) is 0 Å². The molecule has 4 rings (SSSR count). The van der Waals surface area contributed by atoms with Crippen LogP contribution >= 0.6 is 0 Å². The second-order valence-electron chi connectivity index (χ2n) is 7.99. The Kier molecular flexibility index (Phi) is 5.41.